The Bertz CT molecular complexity index is 243. The predicted octanol–water partition coefficient (Wildman–Crippen LogP) is 2.32. The van der Waals surface area contributed by atoms with Gasteiger partial charge in [0.2, 0.25) is 0 Å². The molecule has 1 aromatic rings. The van der Waals surface area contributed by atoms with Gasteiger partial charge in [0, 0.05) is 0 Å². The Morgan fingerprint density at radius 2 is 2.46 bits per heavy atom. The van der Waals surface area contributed by atoms with Gasteiger partial charge in [-0.25, -0.2) is 0 Å². The minimum absolute atomic E-state index is 0.200. The molecule has 13 heavy (non-hydrogen) atoms. The van der Waals surface area contributed by atoms with Gasteiger partial charge in [-0.2, -0.15) is 0 Å². The Hall–Kier alpha value is -0.670. The summed E-state index contributed by atoms with van der Waals surface area (Å²) in [6, 6.07) is 3.78. The van der Waals surface area contributed by atoms with Crippen molar-refractivity contribution < 1.29 is 4.79 Å². The van der Waals surface area contributed by atoms with Crippen LogP contribution in [0.15, 0.2) is 17.5 Å². The lowest BCUT2D eigenvalue weighted by atomic mass is 10.3. The largest absolute Gasteiger partial charge is 0.310 e. The van der Waals surface area contributed by atoms with E-state index in [0.29, 0.717) is 6.54 Å². The van der Waals surface area contributed by atoms with E-state index in [-0.39, 0.29) is 5.78 Å². The predicted molar refractivity (Wildman–Crippen MR) is 56.4 cm³/mol. The number of carbonyl (C=O) groups excluding carboxylic acids is 1. The van der Waals surface area contributed by atoms with Crippen LogP contribution in [0.25, 0.3) is 0 Å². The molecule has 72 valence electrons. The fourth-order valence-electron chi connectivity index (χ4n) is 1.03. The average Bonchev–Trinajstić information content (AvgIpc) is 2.65. The second-order valence-electron chi connectivity index (χ2n) is 2.93. The Morgan fingerprint density at radius 3 is 3.08 bits per heavy atom. The van der Waals surface area contributed by atoms with Crippen LogP contribution in [0.4, 0.5) is 0 Å². The van der Waals surface area contributed by atoms with E-state index < -0.39 is 0 Å². The number of thiophene rings is 1. The Morgan fingerprint density at radius 1 is 1.62 bits per heavy atom. The second kappa shape index (κ2) is 5.89. The minimum Gasteiger partial charge on any atom is -0.310 e. The summed E-state index contributed by atoms with van der Waals surface area (Å²) in [4.78, 5) is 12.3. The molecule has 0 aliphatic carbocycles. The van der Waals surface area contributed by atoms with Crippen molar-refractivity contribution in [1.82, 2.24) is 5.32 Å². The van der Waals surface area contributed by atoms with Crippen LogP contribution in [0, 0.1) is 0 Å². The molecule has 0 bridgehead atoms. The molecule has 0 aliphatic rings. The van der Waals surface area contributed by atoms with Crippen LogP contribution in [0.1, 0.15) is 29.4 Å². The lowest BCUT2D eigenvalue weighted by molar-refractivity contribution is 0.0995. The molecule has 1 heterocycles. The lowest BCUT2D eigenvalue weighted by Crippen LogP contribution is -2.23. The first-order valence-corrected chi connectivity index (χ1v) is 5.50. The lowest BCUT2D eigenvalue weighted by Gasteiger charge is -2.00. The van der Waals surface area contributed by atoms with Gasteiger partial charge in [-0.05, 0) is 24.4 Å². The topological polar surface area (TPSA) is 29.1 Å². The maximum Gasteiger partial charge on any atom is 0.186 e. The molecule has 0 aromatic carbocycles. The van der Waals surface area contributed by atoms with Gasteiger partial charge in [0.05, 0.1) is 11.4 Å². The van der Waals surface area contributed by atoms with Crippen LogP contribution >= 0.6 is 11.3 Å². The number of hydrogen-bond acceptors (Lipinski definition) is 3. The maximum absolute atomic E-state index is 11.4. The number of ketones is 1. The molecule has 2 nitrogen and oxygen atoms in total. The van der Waals surface area contributed by atoms with E-state index in [2.05, 4.69) is 12.2 Å². The average molecular weight is 197 g/mol. The summed E-state index contributed by atoms with van der Waals surface area (Å²) in [5, 5.41) is 5.06. The number of unbranched alkanes of at least 4 members (excludes halogenated alkanes) is 1. The highest BCUT2D eigenvalue weighted by Gasteiger charge is 2.04. The van der Waals surface area contributed by atoms with Gasteiger partial charge in [0.1, 0.15) is 0 Å². The molecule has 0 saturated carbocycles. The van der Waals surface area contributed by atoms with Gasteiger partial charge in [-0.1, -0.05) is 19.4 Å². The summed E-state index contributed by atoms with van der Waals surface area (Å²) < 4.78 is 0. The molecule has 3 heteroatoms. The van der Waals surface area contributed by atoms with Crippen molar-refractivity contribution in [3.63, 3.8) is 0 Å². The highest BCUT2D eigenvalue weighted by atomic mass is 32.1. The van der Waals surface area contributed by atoms with E-state index in [4.69, 9.17) is 0 Å². The van der Waals surface area contributed by atoms with E-state index in [1.54, 1.807) is 0 Å². The van der Waals surface area contributed by atoms with E-state index in [0.717, 1.165) is 17.8 Å². The van der Waals surface area contributed by atoms with E-state index >= 15 is 0 Å². The van der Waals surface area contributed by atoms with Crippen molar-refractivity contribution in [3.05, 3.63) is 22.4 Å². The van der Waals surface area contributed by atoms with Gasteiger partial charge in [0.25, 0.3) is 0 Å². The van der Waals surface area contributed by atoms with Crippen molar-refractivity contribution in [3.8, 4) is 0 Å². The molecule has 0 unspecified atom stereocenters. The normalized spacial score (nSPS) is 10.2. The zero-order valence-corrected chi connectivity index (χ0v) is 8.69. The smallest absolute Gasteiger partial charge is 0.186 e. The second-order valence-corrected chi connectivity index (χ2v) is 3.88. The molecule has 0 atom stereocenters. The fraction of sp³-hybridized carbons (Fsp3) is 0.500. The first kappa shape index (κ1) is 10.4. The molecular weight excluding hydrogens is 182 g/mol. The van der Waals surface area contributed by atoms with Gasteiger partial charge in [0.15, 0.2) is 5.78 Å². The van der Waals surface area contributed by atoms with Crippen LogP contribution in [0.5, 0.6) is 0 Å². The third-order valence-corrected chi connectivity index (χ3v) is 2.70. The number of rotatable bonds is 6. The third-order valence-electron chi connectivity index (χ3n) is 1.79. The van der Waals surface area contributed by atoms with Crippen LogP contribution < -0.4 is 5.32 Å². The number of hydrogen-bond donors (Lipinski definition) is 1. The molecule has 0 fully saturated rings. The highest BCUT2D eigenvalue weighted by Crippen LogP contribution is 2.08. The molecule has 0 spiro atoms. The first-order chi connectivity index (χ1) is 6.34. The van der Waals surface area contributed by atoms with Crippen LogP contribution in [0.2, 0.25) is 0 Å². The summed E-state index contributed by atoms with van der Waals surface area (Å²) in [6.45, 7) is 3.55. The molecule has 1 rings (SSSR count). The van der Waals surface area contributed by atoms with E-state index in [1.807, 2.05) is 17.5 Å². The standard InChI is InChI=1S/C10H15NOS/c1-2-3-6-11-8-9(12)10-5-4-7-13-10/h4-5,7,11H,2-3,6,8H2,1H3. The van der Waals surface area contributed by atoms with Crippen LogP contribution in [0.3, 0.4) is 0 Å². The number of Topliss-reactive ketones (excluding diaryl/α,β-unsaturated/α-hetero) is 1. The van der Waals surface area contributed by atoms with Gasteiger partial charge in [-0.15, -0.1) is 11.3 Å². The fourth-order valence-corrected chi connectivity index (χ4v) is 1.69. The van der Waals surface area contributed by atoms with Crippen molar-refractivity contribution >= 4 is 17.1 Å². The molecule has 1 aromatic heterocycles. The monoisotopic (exact) mass is 197 g/mol. The molecule has 0 radical (unpaired) electrons. The van der Waals surface area contributed by atoms with Gasteiger partial charge < -0.3 is 5.32 Å². The summed E-state index contributed by atoms with van der Waals surface area (Å²) >= 11 is 1.51. The third kappa shape index (κ3) is 3.70. The van der Waals surface area contributed by atoms with Crippen molar-refractivity contribution in [2.75, 3.05) is 13.1 Å². The SMILES string of the molecule is CCCCNCC(=O)c1cccs1. The minimum atomic E-state index is 0.200. The molecule has 0 amide bonds. The van der Waals surface area contributed by atoms with Crippen molar-refractivity contribution in [2.24, 2.45) is 0 Å². The summed E-state index contributed by atoms with van der Waals surface area (Å²) in [5.41, 5.74) is 0. The number of carbonyl (C=O) groups is 1. The Balaban J connectivity index is 2.19. The van der Waals surface area contributed by atoms with E-state index in [1.165, 1.54) is 17.8 Å². The quantitative estimate of drug-likeness (QED) is 0.560. The van der Waals surface area contributed by atoms with Gasteiger partial charge >= 0.3 is 0 Å². The van der Waals surface area contributed by atoms with Gasteiger partial charge in [-0.3, -0.25) is 4.79 Å². The van der Waals surface area contributed by atoms with Crippen molar-refractivity contribution in [1.29, 1.82) is 0 Å². The Labute approximate surface area is 83.0 Å². The number of nitrogens with one attached hydrogen (secondary N) is 1. The summed E-state index contributed by atoms with van der Waals surface area (Å²) in [5.74, 6) is 0.200. The maximum atomic E-state index is 11.4. The Kier molecular flexibility index (Phi) is 4.72. The van der Waals surface area contributed by atoms with Crippen LogP contribution in [-0.2, 0) is 0 Å². The van der Waals surface area contributed by atoms with Crippen molar-refractivity contribution in [2.45, 2.75) is 19.8 Å². The zero-order valence-electron chi connectivity index (χ0n) is 7.88. The molecular formula is C10H15NOS. The first-order valence-electron chi connectivity index (χ1n) is 4.62. The summed E-state index contributed by atoms with van der Waals surface area (Å²) in [6.07, 6.45) is 2.30. The molecule has 1 N–H and O–H groups in total. The summed E-state index contributed by atoms with van der Waals surface area (Å²) in [7, 11) is 0. The highest BCUT2D eigenvalue weighted by molar-refractivity contribution is 7.12. The van der Waals surface area contributed by atoms with Crippen LogP contribution in [-0.4, -0.2) is 18.9 Å². The molecule has 0 saturated heterocycles. The van der Waals surface area contributed by atoms with E-state index in [9.17, 15) is 4.79 Å². The zero-order chi connectivity index (χ0) is 9.52. The molecule has 0 aliphatic heterocycles.